The Kier molecular flexibility index (Phi) is 6.63. The molecule has 3 aromatic rings. The van der Waals surface area contributed by atoms with E-state index in [2.05, 4.69) is 21.2 Å². The monoisotopic (exact) mass is 451 g/mol. The molecule has 0 aliphatic carbocycles. The van der Waals surface area contributed by atoms with E-state index >= 15 is 0 Å². The SMILES string of the molecule is COc1ccc(CCc2nnc(N3CCC(OC)CC3)c3ccc(C#N)c(N)c23)cc1Cl. The molecule has 2 heterocycles. The Morgan fingerprint density at radius 2 is 1.94 bits per heavy atom. The number of fused-ring (bicyclic) bond motifs is 1. The lowest BCUT2D eigenvalue weighted by molar-refractivity contribution is 0.0818. The number of aromatic nitrogens is 2. The molecule has 1 aromatic heterocycles. The van der Waals surface area contributed by atoms with Crippen molar-refractivity contribution < 1.29 is 9.47 Å². The maximum atomic E-state index is 9.51. The minimum atomic E-state index is 0.274. The largest absolute Gasteiger partial charge is 0.495 e. The van der Waals surface area contributed by atoms with E-state index in [1.54, 1.807) is 20.3 Å². The van der Waals surface area contributed by atoms with Crippen LogP contribution in [-0.2, 0) is 17.6 Å². The number of halogens is 1. The molecule has 1 aliphatic rings. The molecule has 0 radical (unpaired) electrons. The fourth-order valence-corrected chi connectivity index (χ4v) is 4.55. The van der Waals surface area contributed by atoms with Crippen molar-refractivity contribution in [2.45, 2.75) is 31.8 Å². The van der Waals surface area contributed by atoms with Gasteiger partial charge in [0.25, 0.3) is 0 Å². The van der Waals surface area contributed by atoms with Crippen LogP contribution in [0.25, 0.3) is 10.8 Å². The summed E-state index contributed by atoms with van der Waals surface area (Å²) >= 11 is 6.28. The number of ether oxygens (including phenoxy) is 2. The third-order valence-electron chi connectivity index (χ3n) is 6.10. The lowest BCUT2D eigenvalue weighted by Gasteiger charge is -2.32. The zero-order valence-electron chi connectivity index (χ0n) is 18.3. The number of nitrogens with zero attached hydrogens (tertiary/aromatic N) is 4. The molecule has 1 fully saturated rings. The summed E-state index contributed by atoms with van der Waals surface area (Å²) in [7, 11) is 3.35. The van der Waals surface area contributed by atoms with E-state index in [4.69, 9.17) is 26.8 Å². The number of methoxy groups -OCH3 is 2. The molecule has 4 rings (SSSR count). The number of rotatable bonds is 6. The van der Waals surface area contributed by atoms with Gasteiger partial charge in [0.05, 0.1) is 35.2 Å². The van der Waals surface area contributed by atoms with Crippen molar-refractivity contribution in [3.63, 3.8) is 0 Å². The van der Waals surface area contributed by atoms with Gasteiger partial charge in [-0.25, -0.2) is 0 Å². The van der Waals surface area contributed by atoms with Crippen molar-refractivity contribution in [3.05, 3.63) is 52.2 Å². The zero-order chi connectivity index (χ0) is 22.7. The van der Waals surface area contributed by atoms with Crippen molar-refractivity contribution in [3.8, 4) is 11.8 Å². The summed E-state index contributed by atoms with van der Waals surface area (Å²) in [4.78, 5) is 2.23. The van der Waals surface area contributed by atoms with E-state index in [0.717, 1.165) is 53.8 Å². The molecule has 8 heteroatoms. The molecule has 0 spiro atoms. The van der Waals surface area contributed by atoms with E-state index in [9.17, 15) is 5.26 Å². The van der Waals surface area contributed by atoms with Crippen LogP contribution in [0.1, 0.15) is 29.7 Å². The third-order valence-corrected chi connectivity index (χ3v) is 6.40. The van der Waals surface area contributed by atoms with Crippen LogP contribution >= 0.6 is 11.6 Å². The predicted octanol–water partition coefficient (Wildman–Crippen LogP) is 4.15. The van der Waals surface area contributed by atoms with Crippen LogP contribution in [-0.4, -0.2) is 43.6 Å². The summed E-state index contributed by atoms with van der Waals surface area (Å²) in [5.41, 5.74) is 9.18. The molecule has 0 saturated carbocycles. The first-order valence-corrected chi connectivity index (χ1v) is 11.0. The van der Waals surface area contributed by atoms with E-state index in [1.807, 2.05) is 24.3 Å². The number of aryl methyl sites for hydroxylation is 2. The Balaban J connectivity index is 1.68. The van der Waals surface area contributed by atoms with Crippen molar-refractivity contribution in [2.75, 3.05) is 37.9 Å². The first-order valence-electron chi connectivity index (χ1n) is 10.6. The van der Waals surface area contributed by atoms with Crippen molar-refractivity contribution in [2.24, 2.45) is 0 Å². The number of hydrogen-bond acceptors (Lipinski definition) is 7. The van der Waals surface area contributed by atoms with Gasteiger partial charge in [-0.1, -0.05) is 17.7 Å². The summed E-state index contributed by atoms with van der Waals surface area (Å²) in [5, 5.41) is 21.0. The average Bonchev–Trinajstić information content (AvgIpc) is 2.83. The molecule has 7 nitrogen and oxygen atoms in total. The number of nitrogen functional groups attached to an aromatic ring is 1. The van der Waals surface area contributed by atoms with E-state index < -0.39 is 0 Å². The Morgan fingerprint density at radius 3 is 2.59 bits per heavy atom. The summed E-state index contributed by atoms with van der Waals surface area (Å²) in [5.74, 6) is 1.45. The fraction of sp³-hybridized carbons (Fsp3) is 0.375. The first kappa shape index (κ1) is 22.1. The normalized spacial score (nSPS) is 14.5. The van der Waals surface area contributed by atoms with Gasteiger partial charge in [0.1, 0.15) is 11.8 Å². The lowest BCUT2D eigenvalue weighted by Crippen LogP contribution is -2.37. The van der Waals surface area contributed by atoms with Gasteiger partial charge in [-0.3, -0.25) is 0 Å². The van der Waals surface area contributed by atoms with Crippen molar-refractivity contribution in [1.82, 2.24) is 10.2 Å². The van der Waals surface area contributed by atoms with Crippen LogP contribution in [0.5, 0.6) is 5.75 Å². The highest BCUT2D eigenvalue weighted by Gasteiger charge is 2.23. The van der Waals surface area contributed by atoms with E-state index in [-0.39, 0.29) is 6.10 Å². The highest BCUT2D eigenvalue weighted by molar-refractivity contribution is 6.32. The number of hydrogen-bond donors (Lipinski definition) is 1. The smallest absolute Gasteiger partial charge is 0.159 e. The molecule has 2 N–H and O–H groups in total. The van der Waals surface area contributed by atoms with Gasteiger partial charge >= 0.3 is 0 Å². The molecule has 1 saturated heterocycles. The number of nitriles is 1. The summed E-state index contributed by atoms with van der Waals surface area (Å²) in [6, 6.07) is 11.6. The van der Waals surface area contributed by atoms with Crippen LogP contribution in [0, 0.1) is 11.3 Å². The van der Waals surface area contributed by atoms with Gasteiger partial charge in [0.15, 0.2) is 5.82 Å². The molecule has 1 aliphatic heterocycles. The first-order chi connectivity index (χ1) is 15.5. The van der Waals surface area contributed by atoms with Gasteiger partial charge in [0, 0.05) is 31.0 Å². The Morgan fingerprint density at radius 1 is 1.16 bits per heavy atom. The highest BCUT2D eigenvalue weighted by atomic mass is 35.5. The maximum Gasteiger partial charge on any atom is 0.159 e. The van der Waals surface area contributed by atoms with Crippen LogP contribution in [0.3, 0.4) is 0 Å². The standard InChI is InChI=1S/C24H26ClN5O2/c1-31-17-9-11-30(12-10-17)24-18-6-5-16(14-26)23(27)22(18)20(28-29-24)7-3-15-4-8-21(32-2)19(25)13-15/h4-6,8,13,17H,3,7,9-12,27H2,1-2H3. The second-order valence-corrected chi connectivity index (χ2v) is 8.33. The summed E-state index contributed by atoms with van der Waals surface area (Å²) < 4.78 is 10.7. The molecule has 0 amide bonds. The van der Waals surface area contributed by atoms with Gasteiger partial charge < -0.3 is 20.1 Å². The molecule has 32 heavy (non-hydrogen) atoms. The number of benzene rings is 2. The van der Waals surface area contributed by atoms with Crippen LogP contribution < -0.4 is 15.4 Å². The van der Waals surface area contributed by atoms with Gasteiger partial charge in [0.2, 0.25) is 0 Å². The highest BCUT2D eigenvalue weighted by Crippen LogP contribution is 2.34. The number of anilines is 2. The Labute approximate surface area is 192 Å². The van der Waals surface area contributed by atoms with Gasteiger partial charge in [-0.05, 0) is 55.5 Å². The lowest BCUT2D eigenvalue weighted by atomic mass is 9.99. The third kappa shape index (κ3) is 4.29. The maximum absolute atomic E-state index is 9.51. The second kappa shape index (κ2) is 9.60. The molecule has 166 valence electrons. The van der Waals surface area contributed by atoms with Crippen LogP contribution in [0.2, 0.25) is 5.02 Å². The minimum absolute atomic E-state index is 0.274. The number of nitrogens with two attached hydrogens (primary N) is 1. The minimum Gasteiger partial charge on any atom is -0.495 e. The number of piperidine rings is 1. The van der Waals surface area contributed by atoms with Gasteiger partial charge in [-0.2, -0.15) is 10.4 Å². The predicted molar refractivity (Wildman–Crippen MR) is 126 cm³/mol. The van der Waals surface area contributed by atoms with E-state index in [0.29, 0.717) is 34.9 Å². The molecule has 2 aromatic carbocycles. The van der Waals surface area contributed by atoms with Gasteiger partial charge in [-0.15, -0.1) is 5.10 Å². The Hall–Kier alpha value is -3.08. The van der Waals surface area contributed by atoms with E-state index in [1.165, 1.54) is 0 Å². The molecular formula is C24H26ClN5O2. The van der Waals surface area contributed by atoms with Crippen LogP contribution in [0.15, 0.2) is 30.3 Å². The summed E-state index contributed by atoms with van der Waals surface area (Å²) in [6.45, 7) is 1.68. The van der Waals surface area contributed by atoms with Crippen molar-refractivity contribution in [1.29, 1.82) is 5.26 Å². The Bertz CT molecular complexity index is 1170. The molecule has 0 unspecified atom stereocenters. The average molecular weight is 452 g/mol. The van der Waals surface area contributed by atoms with Crippen LogP contribution in [0.4, 0.5) is 11.5 Å². The zero-order valence-corrected chi connectivity index (χ0v) is 19.0. The summed E-state index contributed by atoms with van der Waals surface area (Å²) in [6.07, 6.45) is 3.48. The molecular weight excluding hydrogens is 426 g/mol. The fourth-order valence-electron chi connectivity index (χ4n) is 4.27. The molecule has 0 bridgehead atoms. The quantitative estimate of drug-likeness (QED) is 0.562. The second-order valence-electron chi connectivity index (χ2n) is 7.92. The molecule has 0 atom stereocenters. The topological polar surface area (TPSA) is 97.3 Å². The van der Waals surface area contributed by atoms with Crippen molar-refractivity contribution >= 4 is 33.9 Å².